The topological polar surface area (TPSA) is 53.9 Å². The molecule has 90 valence electrons. The van der Waals surface area contributed by atoms with E-state index < -0.39 is 0 Å². The molecule has 0 bridgehead atoms. The largest absolute Gasteiger partial charge is 0.354 e. The lowest BCUT2D eigenvalue weighted by atomic mass is 10.3. The molecule has 0 aliphatic heterocycles. The van der Waals surface area contributed by atoms with E-state index in [0.717, 1.165) is 12.1 Å². The predicted molar refractivity (Wildman–Crippen MR) is 71.6 cm³/mol. The van der Waals surface area contributed by atoms with Crippen molar-refractivity contribution in [2.45, 2.75) is 6.92 Å². The SMILES string of the molecule is CCNc1nc(-c2ccsc2)nc(N(C)C)n1. The van der Waals surface area contributed by atoms with E-state index in [4.69, 9.17) is 0 Å². The molecule has 0 atom stereocenters. The quantitative estimate of drug-likeness (QED) is 0.899. The van der Waals surface area contributed by atoms with Crippen LogP contribution in [0.1, 0.15) is 6.92 Å². The molecule has 0 spiro atoms. The lowest BCUT2D eigenvalue weighted by molar-refractivity contribution is 0.954. The maximum atomic E-state index is 4.43. The Hall–Kier alpha value is -1.69. The standard InChI is InChI=1S/C11H15N5S/c1-4-12-10-13-9(8-5-6-17-7-8)14-11(15-10)16(2)3/h5-7H,4H2,1-3H3,(H,12,13,14,15). The van der Waals surface area contributed by atoms with Gasteiger partial charge in [-0.1, -0.05) is 0 Å². The fourth-order valence-electron chi connectivity index (χ4n) is 1.32. The molecule has 17 heavy (non-hydrogen) atoms. The van der Waals surface area contributed by atoms with Crippen molar-refractivity contribution in [3.05, 3.63) is 16.8 Å². The summed E-state index contributed by atoms with van der Waals surface area (Å²) in [6.45, 7) is 2.81. The van der Waals surface area contributed by atoms with E-state index in [1.165, 1.54) is 0 Å². The first-order chi connectivity index (χ1) is 8.20. The first-order valence-electron chi connectivity index (χ1n) is 5.40. The van der Waals surface area contributed by atoms with Crippen LogP contribution in [0.2, 0.25) is 0 Å². The summed E-state index contributed by atoms with van der Waals surface area (Å²) >= 11 is 1.63. The second kappa shape index (κ2) is 5.09. The molecule has 0 saturated carbocycles. The van der Waals surface area contributed by atoms with Crippen LogP contribution in [0.5, 0.6) is 0 Å². The van der Waals surface area contributed by atoms with Gasteiger partial charge in [-0.2, -0.15) is 26.3 Å². The minimum absolute atomic E-state index is 0.618. The van der Waals surface area contributed by atoms with E-state index in [2.05, 4.69) is 20.3 Å². The Labute approximate surface area is 105 Å². The first kappa shape index (κ1) is 11.8. The Morgan fingerprint density at radius 2 is 2.12 bits per heavy atom. The average molecular weight is 249 g/mol. The lowest BCUT2D eigenvalue weighted by Crippen LogP contribution is -2.15. The third kappa shape index (κ3) is 2.71. The van der Waals surface area contributed by atoms with Crippen LogP contribution in [0.15, 0.2) is 16.8 Å². The molecule has 1 N–H and O–H groups in total. The van der Waals surface area contributed by atoms with Crippen LogP contribution in [-0.2, 0) is 0 Å². The minimum Gasteiger partial charge on any atom is -0.354 e. The maximum absolute atomic E-state index is 4.43. The maximum Gasteiger partial charge on any atom is 0.230 e. The summed E-state index contributed by atoms with van der Waals surface area (Å²) in [6.07, 6.45) is 0. The van der Waals surface area contributed by atoms with Gasteiger partial charge in [0.05, 0.1) is 0 Å². The highest BCUT2D eigenvalue weighted by Gasteiger charge is 2.09. The average Bonchev–Trinajstić information content (AvgIpc) is 2.82. The van der Waals surface area contributed by atoms with E-state index in [1.807, 2.05) is 42.7 Å². The van der Waals surface area contributed by atoms with Gasteiger partial charge in [0.25, 0.3) is 0 Å². The van der Waals surface area contributed by atoms with Crippen LogP contribution in [0.4, 0.5) is 11.9 Å². The molecule has 0 aliphatic carbocycles. The summed E-state index contributed by atoms with van der Waals surface area (Å²) in [5.74, 6) is 1.99. The molecular weight excluding hydrogens is 234 g/mol. The summed E-state index contributed by atoms with van der Waals surface area (Å²) in [7, 11) is 3.84. The van der Waals surface area contributed by atoms with Crippen molar-refractivity contribution in [2.24, 2.45) is 0 Å². The van der Waals surface area contributed by atoms with Crippen LogP contribution >= 0.6 is 11.3 Å². The van der Waals surface area contributed by atoms with E-state index in [9.17, 15) is 0 Å². The van der Waals surface area contributed by atoms with Crippen molar-refractivity contribution in [1.82, 2.24) is 15.0 Å². The predicted octanol–water partition coefficient (Wildman–Crippen LogP) is 2.10. The number of nitrogens with one attached hydrogen (secondary N) is 1. The molecule has 2 aromatic rings. The number of hydrogen-bond donors (Lipinski definition) is 1. The van der Waals surface area contributed by atoms with Gasteiger partial charge in [0.15, 0.2) is 5.82 Å². The molecule has 0 fully saturated rings. The monoisotopic (exact) mass is 249 g/mol. The van der Waals surface area contributed by atoms with Crippen molar-refractivity contribution in [2.75, 3.05) is 30.9 Å². The fraction of sp³-hybridized carbons (Fsp3) is 0.364. The highest BCUT2D eigenvalue weighted by molar-refractivity contribution is 7.08. The van der Waals surface area contributed by atoms with Gasteiger partial charge in [0, 0.05) is 31.6 Å². The highest BCUT2D eigenvalue weighted by atomic mass is 32.1. The Bertz CT molecular complexity index is 481. The van der Waals surface area contributed by atoms with Gasteiger partial charge in [-0.3, -0.25) is 0 Å². The third-order valence-electron chi connectivity index (χ3n) is 2.14. The summed E-state index contributed by atoms with van der Waals surface area (Å²) in [6, 6.07) is 2.01. The van der Waals surface area contributed by atoms with Gasteiger partial charge < -0.3 is 10.2 Å². The second-order valence-corrected chi connectivity index (χ2v) is 4.50. The van der Waals surface area contributed by atoms with Crippen molar-refractivity contribution < 1.29 is 0 Å². The van der Waals surface area contributed by atoms with Crippen molar-refractivity contribution in [3.63, 3.8) is 0 Å². The summed E-state index contributed by atoms with van der Waals surface area (Å²) < 4.78 is 0. The molecule has 5 nitrogen and oxygen atoms in total. The molecule has 0 aromatic carbocycles. The number of hydrogen-bond acceptors (Lipinski definition) is 6. The molecule has 2 rings (SSSR count). The van der Waals surface area contributed by atoms with Crippen LogP contribution in [-0.4, -0.2) is 35.6 Å². The van der Waals surface area contributed by atoms with E-state index >= 15 is 0 Å². The summed E-state index contributed by atoms with van der Waals surface area (Å²) in [5, 5.41) is 7.17. The van der Waals surface area contributed by atoms with Crippen molar-refractivity contribution in [3.8, 4) is 11.4 Å². The van der Waals surface area contributed by atoms with Gasteiger partial charge in [0.2, 0.25) is 11.9 Å². The lowest BCUT2D eigenvalue weighted by Gasteiger charge is -2.12. The van der Waals surface area contributed by atoms with Crippen LogP contribution in [0.3, 0.4) is 0 Å². The molecule has 0 aliphatic rings. The van der Waals surface area contributed by atoms with Crippen molar-refractivity contribution in [1.29, 1.82) is 0 Å². The van der Waals surface area contributed by atoms with E-state index in [-0.39, 0.29) is 0 Å². The zero-order chi connectivity index (χ0) is 12.3. The highest BCUT2D eigenvalue weighted by Crippen LogP contribution is 2.21. The molecule has 0 radical (unpaired) electrons. The van der Waals surface area contributed by atoms with Crippen LogP contribution in [0, 0.1) is 0 Å². The second-order valence-electron chi connectivity index (χ2n) is 3.72. The number of rotatable bonds is 4. The van der Waals surface area contributed by atoms with Gasteiger partial charge in [-0.25, -0.2) is 0 Å². The number of nitrogens with zero attached hydrogens (tertiary/aromatic N) is 4. The van der Waals surface area contributed by atoms with E-state index in [0.29, 0.717) is 17.7 Å². The molecule has 2 heterocycles. The Morgan fingerprint density at radius 1 is 1.29 bits per heavy atom. The fourth-order valence-corrected chi connectivity index (χ4v) is 1.96. The zero-order valence-corrected chi connectivity index (χ0v) is 11.0. The summed E-state index contributed by atoms with van der Waals surface area (Å²) in [4.78, 5) is 15.0. The first-order valence-corrected chi connectivity index (χ1v) is 6.35. The van der Waals surface area contributed by atoms with Crippen LogP contribution < -0.4 is 10.2 Å². The van der Waals surface area contributed by atoms with Gasteiger partial charge in [-0.15, -0.1) is 0 Å². The molecule has 0 saturated heterocycles. The third-order valence-corrected chi connectivity index (χ3v) is 2.82. The van der Waals surface area contributed by atoms with Gasteiger partial charge >= 0.3 is 0 Å². The Kier molecular flexibility index (Phi) is 3.53. The van der Waals surface area contributed by atoms with E-state index in [1.54, 1.807) is 11.3 Å². The number of aromatic nitrogens is 3. The molecule has 6 heteroatoms. The molecule has 2 aromatic heterocycles. The molecule has 0 unspecified atom stereocenters. The number of thiophene rings is 1. The minimum atomic E-state index is 0.618. The van der Waals surface area contributed by atoms with Crippen molar-refractivity contribution >= 4 is 23.2 Å². The van der Waals surface area contributed by atoms with Gasteiger partial charge in [0.1, 0.15) is 0 Å². The zero-order valence-electron chi connectivity index (χ0n) is 10.1. The Balaban J connectivity index is 2.44. The summed E-state index contributed by atoms with van der Waals surface area (Å²) in [5.41, 5.74) is 1.03. The molecule has 0 amide bonds. The van der Waals surface area contributed by atoms with Crippen LogP contribution in [0.25, 0.3) is 11.4 Å². The number of anilines is 2. The van der Waals surface area contributed by atoms with Gasteiger partial charge in [-0.05, 0) is 18.4 Å². The smallest absolute Gasteiger partial charge is 0.230 e. The molecular formula is C11H15N5S. The normalized spacial score (nSPS) is 10.3. The Morgan fingerprint density at radius 3 is 2.71 bits per heavy atom.